The van der Waals surface area contributed by atoms with Gasteiger partial charge < -0.3 is 9.80 Å². The maximum Gasteiger partial charge on any atom is 0.171 e. The van der Waals surface area contributed by atoms with E-state index in [1.54, 1.807) is 0 Å². The number of Topliss-reactive ketones (excluding diaryl/α,β-unsaturated/α-hetero) is 2. The Morgan fingerprint density at radius 3 is 1.38 bits per heavy atom. The van der Waals surface area contributed by atoms with E-state index in [2.05, 4.69) is 9.80 Å². The number of ketones is 2. The van der Waals surface area contributed by atoms with Crippen LogP contribution in [0.2, 0.25) is 0 Å². The van der Waals surface area contributed by atoms with Gasteiger partial charge in [-0.3, -0.25) is 9.59 Å². The number of rotatable bonds is 6. The molecule has 5 aromatic rings. The van der Waals surface area contributed by atoms with E-state index in [9.17, 15) is 9.59 Å². The third kappa shape index (κ3) is 4.53. The number of hydrogen-bond donors (Lipinski definition) is 0. The molecule has 0 radical (unpaired) electrons. The number of allylic oxidation sites excluding steroid dienone is 3. The minimum Gasteiger partial charge on any atom is -0.311 e. The van der Waals surface area contributed by atoms with Gasteiger partial charge in [0.1, 0.15) is 0 Å². The minimum atomic E-state index is -0.565. The molecular weight excluding hydrogens is 516 g/mol. The van der Waals surface area contributed by atoms with Gasteiger partial charge in [-0.2, -0.15) is 0 Å². The molecular formula is C38H28N2O2. The summed E-state index contributed by atoms with van der Waals surface area (Å²) in [6.45, 7) is 0. The lowest BCUT2D eigenvalue weighted by atomic mass is 9.71. The van der Waals surface area contributed by atoms with Gasteiger partial charge >= 0.3 is 0 Å². The quantitative estimate of drug-likeness (QED) is 0.214. The van der Waals surface area contributed by atoms with Gasteiger partial charge in [0.15, 0.2) is 11.6 Å². The van der Waals surface area contributed by atoms with Crippen LogP contribution in [0, 0.1) is 11.8 Å². The fourth-order valence-electron chi connectivity index (χ4n) is 5.96. The summed E-state index contributed by atoms with van der Waals surface area (Å²) in [6.07, 6.45) is 5.84. The van der Waals surface area contributed by atoms with Crippen molar-refractivity contribution < 1.29 is 9.59 Å². The third-order valence-electron chi connectivity index (χ3n) is 7.93. The second kappa shape index (κ2) is 10.8. The maximum absolute atomic E-state index is 14.0. The van der Waals surface area contributed by atoms with Gasteiger partial charge in [-0.05, 0) is 78.9 Å². The molecule has 2 aliphatic rings. The lowest BCUT2D eigenvalue weighted by Gasteiger charge is -2.34. The topological polar surface area (TPSA) is 40.6 Å². The van der Waals surface area contributed by atoms with Crippen LogP contribution in [0.1, 0.15) is 20.7 Å². The summed E-state index contributed by atoms with van der Waals surface area (Å²) in [7, 11) is 0. The van der Waals surface area contributed by atoms with Gasteiger partial charge in [0.25, 0.3) is 0 Å². The predicted octanol–water partition coefficient (Wildman–Crippen LogP) is 9.06. The summed E-state index contributed by atoms with van der Waals surface area (Å²) in [5.74, 6) is -1.17. The van der Waals surface area contributed by atoms with E-state index in [-0.39, 0.29) is 11.6 Å². The summed E-state index contributed by atoms with van der Waals surface area (Å²) in [6, 6.07) is 45.9. The van der Waals surface area contributed by atoms with Crippen LogP contribution in [-0.4, -0.2) is 11.6 Å². The van der Waals surface area contributed by atoms with Crippen LogP contribution in [-0.2, 0) is 0 Å². The molecule has 0 N–H and O–H groups in total. The number of carbonyl (C=O) groups is 2. The zero-order valence-electron chi connectivity index (χ0n) is 22.9. The van der Waals surface area contributed by atoms with Crippen molar-refractivity contribution in [2.75, 3.05) is 9.80 Å². The molecule has 0 heterocycles. The average molecular weight is 545 g/mol. The molecule has 0 spiro atoms. The van der Waals surface area contributed by atoms with Crippen molar-refractivity contribution in [2.24, 2.45) is 11.8 Å². The maximum atomic E-state index is 14.0. The van der Waals surface area contributed by atoms with Crippen LogP contribution >= 0.6 is 0 Å². The van der Waals surface area contributed by atoms with Crippen LogP contribution in [0.4, 0.5) is 28.4 Å². The van der Waals surface area contributed by atoms with E-state index in [0.717, 1.165) is 34.1 Å². The number of anilines is 5. The standard InChI is InChI=1S/C38H28N2O2/c41-37-34-24-22-32(40(29-17-9-3-10-18-29)30-19-11-4-12-20-30)26-36(34)38(42)33-23-21-31(25-35(33)37)39(27-13-5-1-6-14-27)28-15-7-2-8-16-28/h1-26,33,35H. The molecule has 0 fully saturated rings. The van der Waals surface area contributed by atoms with Crippen LogP contribution in [0.25, 0.3) is 0 Å². The van der Waals surface area contributed by atoms with Gasteiger partial charge in [-0.15, -0.1) is 0 Å². The highest BCUT2D eigenvalue weighted by Gasteiger charge is 2.41. The number of hydrogen-bond acceptors (Lipinski definition) is 4. The zero-order valence-corrected chi connectivity index (χ0v) is 22.9. The molecule has 42 heavy (non-hydrogen) atoms. The van der Waals surface area contributed by atoms with Crippen LogP contribution in [0.15, 0.2) is 163 Å². The molecule has 2 atom stereocenters. The summed E-state index contributed by atoms with van der Waals surface area (Å²) in [5, 5.41) is 0. The molecule has 2 aliphatic carbocycles. The summed E-state index contributed by atoms with van der Waals surface area (Å²) in [5.41, 5.74) is 6.57. The van der Waals surface area contributed by atoms with Gasteiger partial charge in [-0.1, -0.05) is 78.9 Å². The van der Waals surface area contributed by atoms with Crippen LogP contribution in [0.5, 0.6) is 0 Å². The van der Waals surface area contributed by atoms with Gasteiger partial charge in [-0.25, -0.2) is 0 Å². The number of para-hydroxylation sites is 4. The highest BCUT2D eigenvalue weighted by Crippen LogP contribution is 2.42. The number of carbonyl (C=O) groups excluding carboxylic acids is 2. The zero-order chi connectivity index (χ0) is 28.5. The van der Waals surface area contributed by atoms with Crippen molar-refractivity contribution in [1.82, 2.24) is 0 Å². The monoisotopic (exact) mass is 544 g/mol. The molecule has 7 rings (SSSR count). The van der Waals surface area contributed by atoms with E-state index < -0.39 is 11.8 Å². The molecule has 0 aliphatic heterocycles. The van der Waals surface area contributed by atoms with Crippen molar-refractivity contribution in [3.8, 4) is 0 Å². The molecule has 0 amide bonds. The van der Waals surface area contributed by atoms with Crippen molar-refractivity contribution >= 4 is 40.0 Å². The number of fused-ring (bicyclic) bond motifs is 2. The Morgan fingerprint density at radius 1 is 0.429 bits per heavy atom. The normalized spacial score (nSPS) is 17.2. The second-order valence-electron chi connectivity index (χ2n) is 10.5. The van der Waals surface area contributed by atoms with Crippen molar-refractivity contribution in [3.05, 3.63) is 175 Å². The summed E-state index contributed by atoms with van der Waals surface area (Å²) >= 11 is 0. The van der Waals surface area contributed by atoms with Gasteiger partial charge in [0, 0.05) is 45.3 Å². The van der Waals surface area contributed by atoms with E-state index >= 15 is 0 Å². The third-order valence-corrected chi connectivity index (χ3v) is 7.93. The smallest absolute Gasteiger partial charge is 0.171 e. The second-order valence-corrected chi connectivity index (χ2v) is 10.5. The Kier molecular flexibility index (Phi) is 6.57. The highest BCUT2D eigenvalue weighted by molar-refractivity contribution is 6.18. The molecule has 0 saturated carbocycles. The Labute approximate surface area is 245 Å². The molecule has 0 aromatic heterocycles. The largest absolute Gasteiger partial charge is 0.311 e. The molecule has 202 valence electrons. The minimum absolute atomic E-state index is 0.0324. The van der Waals surface area contributed by atoms with E-state index in [0.29, 0.717) is 11.1 Å². The lowest BCUT2D eigenvalue weighted by Crippen LogP contribution is -2.37. The molecule has 4 heteroatoms. The number of nitrogens with zero attached hydrogens (tertiary/aromatic N) is 2. The first-order valence-corrected chi connectivity index (χ1v) is 14.1. The fraction of sp³-hybridized carbons (Fsp3) is 0.0526. The van der Waals surface area contributed by atoms with Crippen molar-refractivity contribution in [1.29, 1.82) is 0 Å². The molecule has 0 saturated heterocycles. The molecule has 0 bridgehead atoms. The first-order valence-electron chi connectivity index (χ1n) is 14.1. The Bertz CT molecular complexity index is 1730. The molecule has 5 aromatic carbocycles. The predicted molar refractivity (Wildman–Crippen MR) is 169 cm³/mol. The van der Waals surface area contributed by atoms with Gasteiger partial charge in [0.2, 0.25) is 0 Å². The highest BCUT2D eigenvalue weighted by atomic mass is 16.1. The van der Waals surface area contributed by atoms with E-state index in [1.807, 2.05) is 158 Å². The Balaban J connectivity index is 1.28. The summed E-state index contributed by atoms with van der Waals surface area (Å²) < 4.78 is 0. The molecule has 2 unspecified atom stereocenters. The van der Waals surface area contributed by atoms with Gasteiger partial charge in [0.05, 0.1) is 11.8 Å². The van der Waals surface area contributed by atoms with Crippen molar-refractivity contribution in [3.63, 3.8) is 0 Å². The Hall–Kier alpha value is -5.48. The fourth-order valence-corrected chi connectivity index (χ4v) is 5.96. The number of benzene rings is 5. The molecule has 4 nitrogen and oxygen atoms in total. The lowest BCUT2D eigenvalue weighted by molar-refractivity contribution is 0.0801. The summed E-state index contributed by atoms with van der Waals surface area (Å²) in [4.78, 5) is 32.2. The van der Waals surface area contributed by atoms with E-state index in [4.69, 9.17) is 0 Å². The first-order chi connectivity index (χ1) is 20.7. The average Bonchev–Trinajstić information content (AvgIpc) is 3.06. The van der Waals surface area contributed by atoms with Crippen LogP contribution < -0.4 is 9.80 Å². The van der Waals surface area contributed by atoms with E-state index in [1.165, 1.54) is 0 Å². The SMILES string of the molecule is O=C1c2ccc(N(c3ccccc3)c3ccccc3)cc2C(=O)C2C=CC(N(c3ccccc3)c3ccccc3)=CC12. The van der Waals surface area contributed by atoms with Crippen LogP contribution in [0.3, 0.4) is 0 Å². The Morgan fingerprint density at radius 2 is 0.881 bits per heavy atom. The van der Waals surface area contributed by atoms with Crippen molar-refractivity contribution in [2.45, 2.75) is 0 Å². The first kappa shape index (κ1) is 25.5.